The molecule has 0 radical (unpaired) electrons. The molecule has 0 aliphatic rings. The van der Waals surface area contributed by atoms with Crippen LogP contribution in [0.25, 0.3) is 0 Å². The van der Waals surface area contributed by atoms with E-state index in [4.69, 9.17) is 10.4 Å². The monoisotopic (exact) mass is 174 g/mol. The highest BCUT2D eigenvalue weighted by atomic mass is 32.2. The first-order chi connectivity index (χ1) is 5.02. The van der Waals surface area contributed by atoms with Crippen LogP contribution in [0.3, 0.4) is 0 Å². The van der Waals surface area contributed by atoms with Crippen molar-refractivity contribution in [2.45, 2.75) is 18.1 Å². The van der Waals surface area contributed by atoms with E-state index in [1.165, 1.54) is 0 Å². The quantitative estimate of drug-likeness (QED) is 0.615. The standard InChI is InChI=1S/C6H10N2O2S/c1-2-3-4-6(5-7)11(8,9)10/h2,6H,1,3-4H2,(H2,8,9,10). The third kappa shape index (κ3) is 3.75. The molecule has 62 valence electrons. The largest absolute Gasteiger partial charge is 0.228 e. The van der Waals surface area contributed by atoms with Gasteiger partial charge in [0.15, 0.2) is 5.25 Å². The minimum absolute atomic E-state index is 0.221. The molecule has 0 saturated carbocycles. The molecule has 0 amide bonds. The molecule has 0 aromatic heterocycles. The molecule has 4 nitrogen and oxygen atoms in total. The molecule has 0 aromatic carbocycles. The molecule has 0 spiro atoms. The molecule has 5 heteroatoms. The normalized spacial score (nSPS) is 13.5. The number of nitriles is 1. The zero-order chi connectivity index (χ0) is 8.91. The van der Waals surface area contributed by atoms with Crippen molar-refractivity contribution in [3.05, 3.63) is 12.7 Å². The molecule has 0 fully saturated rings. The second-order valence-electron chi connectivity index (χ2n) is 2.07. The maximum absolute atomic E-state index is 10.6. The Morgan fingerprint density at radius 2 is 2.27 bits per heavy atom. The molecule has 0 aromatic rings. The zero-order valence-electron chi connectivity index (χ0n) is 6.03. The van der Waals surface area contributed by atoms with E-state index in [0.717, 1.165) is 0 Å². The minimum atomic E-state index is -3.70. The first kappa shape index (κ1) is 10.1. The Morgan fingerprint density at radius 3 is 2.55 bits per heavy atom. The van der Waals surface area contributed by atoms with Crippen LogP contribution in [0, 0.1) is 11.3 Å². The summed E-state index contributed by atoms with van der Waals surface area (Å²) >= 11 is 0. The maximum atomic E-state index is 10.6. The third-order valence-electron chi connectivity index (χ3n) is 1.17. The molecular weight excluding hydrogens is 164 g/mol. The van der Waals surface area contributed by atoms with Crippen LogP contribution in [0.2, 0.25) is 0 Å². The average molecular weight is 174 g/mol. The highest BCUT2D eigenvalue weighted by Crippen LogP contribution is 2.03. The van der Waals surface area contributed by atoms with Crippen LogP contribution in [0.15, 0.2) is 12.7 Å². The van der Waals surface area contributed by atoms with E-state index in [1.54, 1.807) is 12.1 Å². The number of nitrogens with zero attached hydrogens (tertiary/aromatic N) is 1. The first-order valence-electron chi connectivity index (χ1n) is 3.04. The Morgan fingerprint density at radius 1 is 1.73 bits per heavy atom. The zero-order valence-corrected chi connectivity index (χ0v) is 6.84. The van der Waals surface area contributed by atoms with Crippen LogP contribution in [-0.2, 0) is 10.0 Å². The van der Waals surface area contributed by atoms with E-state index in [-0.39, 0.29) is 6.42 Å². The van der Waals surface area contributed by atoms with Gasteiger partial charge in [0.1, 0.15) is 0 Å². The lowest BCUT2D eigenvalue weighted by Crippen LogP contribution is -2.26. The van der Waals surface area contributed by atoms with E-state index >= 15 is 0 Å². The van der Waals surface area contributed by atoms with Crippen LogP contribution in [0.1, 0.15) is 12.8 Å². The van der Waals surface area contributed by atoms with Crippen molar-refractivity contribution >= 4 is 10.0 Å². The highest BCUT2D eigenvalue weighted by Gasteiger charge is 2.19. The van der Waals surface area contributed by atoms with E-state index in [1.807, 2.05) is 0 Å². The Kier molecular flexibility index (Phi) is 3.79. The number of rotatable bonds is 4. The van der Waals surface area contributed by atoms with Crippen molar-refractivity contribution in [1.29, 1.82) is 5.26 Å². The highest BCUT2D eigenvalue weighted by molar-refractivity contribution is 7.90. The lowest BCUT2D eigenvalue weighted by atomic mass is 10.2. The van der Waals surface area contributed by atoms with Crippen molar-refractivity contribution in [3.63, 3.8) is 0 Å². The fraction of sp³-hybridized carbons (Fsp3) is 0.500. The second kappa shape index (κ2) is 4.11. The molecule has 2 N–H and O–H groups in total. The Balaban J connectivity index is 4.22. The Hall–Kier alpha value is -0.860. The number of sulfonamides is 1. The number of hydrogen-bond donors (Lipinski definition) is 1. The lowest BCUT2D eigenvalue weighted by Gasteiger charge is -2.02. The summed E-state index contributed by atoms with van der Waals surface area (Å²) in [7, 11) is -3.70. The Labute approximate surface area is 66.4 Å². The second-order valence-corrected chi connectivity index (χ2v) is 3.82. The van der Waals surface area contributed by atoms with Crippen LogP contribution in [-0.4, -0.2) is 13.7 Å². The average Bonchev–Trinajstić information content (AvgIpc) is 1.87. The summed E-state index contributed by atoms with van der Waals surface area (Å²) in [4.78, 5) is 0. The summed E-state index contributed by atoms with van der Waals surface area (Å²) in [5, 5.41) is 12.0. The van der Waals surface area contributed by atoms with Gasteiger partial charge in [-0.3, -0.25) is 0 Å². The van der Waals surface area contributed by atoms with Crippen LogP contribution in [0.5, 0.6) is 0 Å². The van der Waals surface area contributed by atoms with Gasteiger partial charge in [-0.1, -0.05) is 6.08 Å². The number of allylic oxidation sites excluding steroid dienone is 1. The summed E-state index contributed by atoms with van der Waals surface area (Å²) in [6.45, 7) is 3.40. The van der Waals surface area contributed by atoms with Crippen LogP contribution in [0.4, 0.5) is 0 Å². The molecule has 0 saturated heterocycles. The number of nitrogens with two attached hydrogens (primary N) is 1. The van der Waals surface area contributed by atoms with Gasteiger partial charge in [-0.15, -0.1) is 6.58 Å². The summed E-state index contributed by atoms with van der Waals surface area (Å²) in [6.07, 6.45) is 2.25. The fourth-order valence-electron chi connectivity index (χ4n) is 0.572. The molecule has 0 heterocycles. The molecule has 0 aliphatic carbocycles. The van der Waals surface area contributed by atoms with Crippen molar-refractivity contribution in [2.75, 3.05) is 0 Å². The van der Waals surface area contributed by atoms with Gasteiger partial charge in [0.05, 0.1) is 6.07 Å². The van der Waals surface area contributed by atoms with Gasteiger partial charge in [0, 0.05) is 0 Å². The SMILES string of the molecule is C=CCCC(C#N)S(N)(=O)=O. The molecular formula is C6H10N2O2S. The lowest BCUT2D eigenvalue weighted by molar-refractivity contribution is 0.587. The third-order valence-corrected chi connectivity index (χ3v) is 2.31. The fourth-order valence-corrected chi connectivity index (χ4v) is 1.18. The topological polar surface area (TPSA) is 83.9 Å². The molecule has 1 atom stereocenters. The van der Waals surface area contributed by atoms with Gasteiger partial charge >= 0.3 is 0 Å². The first-order valence-corrected chi connectivity index (χ1v) is 4.65. The van der Waals surface area contributed by atoms with Gasteiger partial charge in [0.2, 0.25) is 10.0 Å². The van der Waals surface area contributed by atoms with E-state index < -0.39 is 15.3 Å². The van der Waals surface area contributed by atoms with Crippen molar-refractivity contribution in [1.82, 2.24) is 0 Å². The van der Waals surface area contributed by atoms with E-state index in [0.29, 0.717) is 6.42 Å². The van der Waals surface area contributed by atoms with Gasteiger partial charge < -0.3 is 0 Å². The molecule has 11 heavy (non-hydrogen) atoms. The predicted molar refractivity (Wildman–Crippen MR) is 41.9 cm³/mol. The smallest absolute Gasteiger partial charge is 0.225 e. The summed E-state index contributed by atoms with van der Waals surface area (Å²) in [6, 6.07) is 1.62. The van der Waals surface area contributed by atoms with Crippen molar-refractivity contribution in [2.24, 2.45) is 5.14 Å². The molecule has 1 unspecified atom stereocenters. The summed E-state index contributed by atoms with van der Waals surface area (Å²) in [5.41, 5.74) is 0. The van der Waals surface area contributed by atoms with Gasteiger partial charge in [-0.2, -0.15) is 5.26 Å². The predicted octanol–water partition coefficient (Wildman–Crippen LogP) is 0.133. The summed E-state index contributed by atoms with van der Waals surface area (Å²) in [5.74, 6) is 0. The van der Waals surface area contributed by atoms with Gasteiger partial charge in [0.25, 0.3) is 0 Å². The maximum Gasteiger partial charge on any atom is 0.225 e. The van der Waals surface area contributed by atoms with E-state index in [9.17, 15) is 8.42 Å². The Bertz CT molecular complexity index is 263. The van der Waals surface area contributed by atoms with Crippen LogP contribution < -0.4 is 5.14 Å². The minimum Gasteiger partial charge on any atom is -0.228 e. The van der Waals surface area contributed by atoms with Crippen LogP contribution >= 0.6 is 0 Å². The van der Waals surface area contributed by atoms with Gasteiger partial charge in [-0.25, -0.2) is 13.6 Å². The van der Waals surface area contributed by atoms with Crippen molar-refractivity contribution in [3.8, 4) is 6.07 Å². The number of hydrogen-bond acceptors (Lipinski definition) is 3. The van der Waals surface area contributed by atoms with E-state index in [2.05, 4.69) is 6.58 Å². The summed E-state index contributed by atoms with van der Waals surface area (Å²) < 4.78 is 21.2. The molecule has 0 rings (SSSR count). The number of primary sulfonamides is 1. The van der Waals surface area contributed by atoms with Crippen molar-refractivity contribution < 1.29 is 8.42 Å². The molecule has 0 aliphatic heterocycles. The van der Waals surface area contributed by atoms with Gasteiger partial charge in [-0.05, 0) is 12.8 Å². The molecule has 0 bridgehead atoms.